The minimum Gasteiger partial charge on any atom is -0.507 e. The van der Waals surface area contributed by atoms with E-state index in [1.807, 2.05) is 31.2 Å². The molecule has 1 fully saturated rings. The zero-order chi connectivity index (χ0) is 30.1. The molecule has 2 heterocycles. The van der Waals surface area contributed by atoms with Gasteiger partial charge in [-0.1, -0.05) is 109 Å². The summed E-state index contributed by atoms with van der Waals surface area (Å²) in [4.78, 5) is 0. The molecular weight excluding hydrogens is 628 g/mol. The third-order valence-electron chi connectivity index (χ3n) is 8.43. The van der Waals surface area contributed by atoms with E-state index < -0.39 is 23.4 Å². The summed E-state index contributed by atoms with van der Waals surface area (Å²) in [5, 5.41) is 11.8. The molecule has 0 spiro atoms. The standard InChI is InChI=1S/C34H39BrO5SSi/c1-24(19-25-20-27(35)16-17-30(25)36)15-18-31-33-26(23-41(37,38)32(33)22-39-31)21-40-42(34(2,3)4,28-11-7-5-8-12-28)29-13-9-6-10-14-29/h5-14,16-17,19-20,31-32,36H,15,18,21-23H2,1-4H3/b24-19+/t31-,32+/m1/s1. The number of phenols is 1. The van der Waals surface area contributed by atoms with Crippen LogP contribution in [-0.4, -0.2) is 52.2 Å². The lowest BCUT2D eigenvalue weighted by molar-refractivity contribution is 0.117. The van der Waals surface area contributed by atoms with E-state index in [0.717, 1.165) is 33.2 Å². The summed E-state index contributed by atoms with van der Waals surface area (Å²) in [7, 11) is -6.18. The van der Waals surface area contributed by atoms with E-state index in [1.165, 1.54) is 10.4 Å². The summed E-state index contributed by atoms with van der Waals surface area (Å²) in [5.41, 5.74) is 3.57. The van der Waals surface area contributed by atoms with Gasteiger partial charge >= 0.3 is 0 Å². The molecule has 1 N–H and O–H groups in total. The lowest BCUT2D eigenvalue weighted by Gasteiger charge is -2.43. The van der Waals surface area contributed by atoms with Gasteiger partial charge in [0.2, 0.25) is 0 Å². The van der Waals surface area contributed by atoms with Crippen molar-refractivity contribution in [3.63, 3.8) is 0 Å². The summed E-state index contributed by atoms with van der Waals surface area (Å²) in [5.74, 6) is 0.244. The van der Waals surface area contributed by atoms with Gasteiger partial charge < -0.3 is 14.3 Å². The molecule has 42 heavy (non-hydrogen) atoms. The fraction of sp³-hybridized carbons (Fsp3) is 0.353. The van der Waals surface area contributed by atoms with E-state index in [9.17, 15) is 13.5 Å². The van der Waals surface area contributed by atoms with Crippen LogP contribution in [0.4, 0.5) is 0 Å². The van der Waals surface area contributed by atoms with Gasteiger partial charge in [0.05, 0.1) is 25.1 Å². The van der Waals surface area contributed by atoms with Crippen molar-refractivity contribution in [2.75, 3.05) is 19.0 Å². The first-order chi connectivity index (χ1) is 19.9. The van der Waals surface area contributed by atoms with E-state index in [4.69, 9.17) is 9.16 Å². The van der Waals surface area contributed by atoms with Gasteiger partial charge in [-0.2, -0.15) is 0 Å². The molecule has 0 bridgehead atoms. The molecule has 5 nitrogen and oxygen atoms in total. The van der Waals surface area contributed by atoms with Crippen LogP contribution in [0.1, 0.15) is 46.1 Å². The number of hydrogen-bond donors (Lipinski definition) is 1. The average molecular weight is 668 g/mol. The van der Waals surface area contributed by atoms with Crippen LogP contribution in [0.2, 0.25) is 5.04 Å². The Balaban J connectivity index is 1.45. The molecule has 0 saturated carbocycles. The number of hydrogen-bond acceptors (Lipinski definition) is 5. The number of fused-ring (bicyclic) bond motifs is 1. The van der Waals surface area contributed by atoms with Crippen molar-refractivity contribution in [2.45, 2.75) is 56.9 Å². The van der Waals surface area contributed by atoms with Crippen LogP contribution in [-0.2, 0) is 19.0 Å². The van der Waals surface area contributed by atoms with Crippen LogP contribution >= 0.6 is 15.9 Å². The number of sulfone groups is 1. The normalized spacial score (nSPS) is 20.6. The number of benzene rings is 3. The van der Waals surface area contributed by atoms with Crippen LogP contribution in [0.15, 0.2) is 100 Å². The molecule has 5 rings (SSSR count). The monoisotopic (exact) mass is 666 g/mol. The molecular formula is C34H39BrO5SSi. The fourth-order valence-corrected chi connectivity index (χ4v) is 13.3. The van der Waals surface area contributed by atoms with E-state index in [-0.39, 0.29) is 35.9 Å². The number of aromatic hydroxyl groups is 1. The van der Waals surface area contributed by atoms with Crippen molar-refractivity contribution in [1.82, 2.24) is 0 Å². The third-order valence-corrected chi connectivity index (χ3v) is 15.9. The average Bonchev–Trinajstić information content (AvgIpc) is 3.49. The zero-order valence-electron chi connectivity index (χ0n) is 24.6. The van der Waals surface area contributed by atoms with Gasteiger partial charge in [0.15, 0.2) is 9.84 Å². The van der Waals surface area contributed by atoms with E-state index in [2.05, 4.69) is 85.2 Å². The molecule has 0 unspecified atom stereocenters. The molecule has 8 heteroatoms. The van der Waals surface area contributed by atoms with Crippen LogP contribution in [0, 0.1) is 0 Å². The summed E-state index contributed by atoms with van der Waals surface area (Å²) in [6.45, 7) is 9.17. The maximum atomic E-state index is 13.3. The zero-order valence-corrected chi connectivity index (χ0v) is 28.0. The second-order valence-electron chi connectivity index (χ2n) is 12.4. The highest BCUT2D eigenvalue weighted by molar-refractivity contribution is 9.10. The molecule has 2 aliphatic heterocycles. The molecule has 0 radical (unpaired) electrons. The Hall–Kier alpha value is -2.49. The SMILES string of the molecule is C/C(=C\c1cc(Br)ccc1O)CC[C@H]1OC[C@H]2C1=C(CO[Si](c1ccccc1)(c1ccccc1)C(C)(C)C)CS2(=O)=O. The predicted molar refractivity (Wildman–Crippen MR) is 177 cm³/mol. The number of phenolic OH excluding ortho intramolecular Hbond substituents is 1. The van der Waals surface area contributed by atoms with Crippen molar-refractivity contribution >= 4 is 50.5 Å². The first-order valence-electron chi connectivity index (χ1n) is 14.4. The molecule has 0 aromatic heterocycles. The Morgan fingerprint density at radius 3 is 2.26 bits per heavy atom. The van der Waals surface area contributed by atoms with Crippen molar-refractivity contribution in [1.29, 1.82) is 0 Å². The Labute approximate surface area is 259 Å². The number of rotatable bonds is 9. The lowest BCUT2D eigenvalue weighted by Crippen LogP contribution is -2.66. The Morgan fingerprint density at radius 1 is 1.05 bits per heavy atom. The third kappa shape index (κ3) is 6.10. The highest BCUT2D eigenvalue weighted by Gasteiger charge is 2.52. The fourth-order valence-electron chi connectivity index (χ4n) is 6.43. The minimum atomic E-state index is -3.35. The van der Waals surface area contributed by atoms with Gasteiger partial charge in [0.1, 0.15) is 11.0 Å². The van der Waals surface area contributed by atoms with Gasteiger partial charge in [0, 0.05) is 10.0 Å². The Kier molecular flexibility index (Phi) is 9.02. The maximum Gasteiger partial charge on any atom is 0.261 e. The van der Waals surface area contributed by atoms with E-state index in [0.29, 0.717) is 6.42 Å². The van der Waals surface area contributed by atoms with Gasteiger partial charge in [-0.05, 0) is 64.5 Å². The smallest absolute Gasteiger partial charge is 0.261 e. The Bertz CT molecular complexity index is 1550. The number of allylic oxidation sites excluding steroid dienone is 1. The molecule has 0 aliphatic carbocycles. The molecule has 3 aromatic rings. The highest BCUT2D eigenvalue weighted by atomic mass is 79.9. The predicted octanol–water partition coefficient (Wildman–Crippen LogP) is 6.41. The quantitative estimate of drug-likeness (QED) is 0.211. The second kappa shape index (κ2) is 12.2. The number of halogens is 1. The largest absolute Gasteiger partial charge is 0.507 e. The van der Waals surface area contributed by atoms with Crippen LogP contribution in [0.25, 0.3) is 6.08 Å². The van der Waals surface area contributed by atoms with Crippen LogP contribution < -0.4 is 10.4 Å². The first kappa shape index (κ1) is 30.9. The van der Waals surface area contributed by atoms with Crippen molar-refractivity contribution in [3.05, 3.63) is 106 Å². The summed E-state index contributed by atoms with van der Waals surface area (Å²) >= 11 is 3.47. The highest BCUT2D eigenvalue weighted by Crippen LogP contribution is 2.41. The van der Waals surface area contributed by atoms with Crippen LogP contribution in [0.5, 0.6) is 5.75 Å². The van der Waals surface area contributed by atoms with Gasteiger partial charge in [-0.15, -0.1) is 0 Å². The molecule has 2 atom stereocenters. The van der Waals surface area contributed by atoms with E-state index in [1.54, 1.807) is 12.1 Å². The number of ether oxygens (including phenoxy) is 1. The first-order valence-corrected chi connectivity index (χ1v) is 18.8. The molecule has 2 aliphatic rings. The second-order valence-corrected chi connectivity index (χ2v) is 19.8. The molecule has 0 amide bonds. The van der Waals surface area contributed by atoms with Crippen molar-refractivity contribution in [3.8, 4) is 5.75 Å². The van der Waals surface area contributed by atoms with Crippen LogP contribution in [0.3, 0.4) is 0 Å². The minimum absolute atomic E-state index is 0.0196. The topological polar surface area (TPSA) is 72.8 Å². The van der Waals surface area contributed by atoms with E-state index >= 15 is 0 Å². The molecule has 3 aromatic carbocycles. The van der Waals surface area contributed by atoms with Gasteiger partial charge in [0.25, 0.3) is 8.32 Å². The summed E-state index contributed by atoms with van der Waals surface area (Å²) in [6.07, 6.45) is 3.08. The van der Waals surface area contributed by atoms with Crippen molar-refractivity contribution < 1.29 is 22.7 Å². The summed E-state index contributed by atoms with van der Waals surface area (Å²) in [6, 6.07) is 26.2. The van der Waals surface area contributed by atoms with Gasteiger partial charge in [-0.3, -0.25) is 0 Å². The van der Waals surface area contributed by atoms with Gasteiger partial charge in [-0.25, -0.2) is 8.42 Å². The molecule has 222 valence electrons. The Morgan fingerprint density at radius 2 is 1.67 bits per heavy atom. The van der Waals surface area contributed by atoms with Crippen molar-refractivity contribution in [2.24, 2.45) is 0 Å². The maximum absolute atomic E-state index is 13.3. The summed E-state index contributed by atoms with van der Waals surface area (Å²) < 4.78 is 40.8. The lowest BCUT2D eigenvalue weighted by atomic mass is 9.97. The molecule has 1 saturated heterocycles.